The summed E-state index contributed by atoms with van der Waals surface area (Å²) in [5, 5.41) is 15.4. The van der Waals surface area contributed by atoms with Gasteiger partial charge in [0.2, 0.25) is 10.0 Å². The molecule has 0 fully saturated rings. The highest BCUT2D eigenvalue weighted by Crippen LogP contribution is 2.21. The lowest BCUT2D eigenvalue weighted by atomic mass is 9.94. The number of amidine groups is 1. The van der Waals surface area contributed by atoms with Crippen LogP contribution in [0.2, 0.25) is 0 Å². The summed E-state index contributed by atoms with van der Waals surface area (Å²) >= 11 is 0. The maximum Gasteiger partial charge on any atom is 0.233 e. The Kier molecular flexibility index (Phi) is 4.64. The summed E-state index contributed by atoms with van der Waals surface area (Å²) in [5.74, 6) is -0.0436. The third kappa shape index (κ3) is 4.41. The molecule has 0 unspecified atom stereocenters. The molecular weight excluding hydrogens is 282 g/mol. The molecule has 0 radical (unpaired) electrons. The van der Waals surface area contributed by atoms with Crippen molar-refractivity contribution in [2.45, 2.75) is 27.2 Å². The van der Waals surface area contributed by atoms with E-state index in [2.05, 4.69) is 15.0 Å². The zero-order valence-electron chi connectivity index (χ0n) is 12.1. The van der Waals surface area contributed by atoms with Crippen LogP contribution in [-0.4, -0.2) is 35.0 Å². The Bertz CT molecular complexity index is 598. The van der Waals surface area contributed by atoms with E-state index in [1.54, 1.807) is 7.05 Å². The topological polar surface area (TPSA) is 123 Å². The van der Waals surface area contributed by atoms with E-state index in [1.165, 1.54) is 10.9 Å². The van der Waals surface area contributed by atoms with E-state index in [-0.39, 0.29) is 28.4 Å². The van der Waals surface area contributed by atoms with Crippen molar-refractivity contribution < 1.29 is 13.6 Å². The summed E-state index contributed by atoms with van der Waals surface area (Å²) in [4.78, 5) is 0. The number of sulfonamides is 1. The number of oxime groups is 1. The lowest BCUT2D eigenvalue weighted by Gasteiger charge is -2.18. The van der Waals surface area contributed by atoms with Crippen LogP contribution in [0.3, 0.4) is 0 Å². The molecule has 0 saturated carbocycles. The number of aryl methyl sites for hydroxylation is 1. The second kappa shape index (κ2) is 5.70. The van der Waals surface area contributed by atoms with Gasteiger partial charge in [0.1, 0.15) is 5.82 Å². The molecule has 0 aromatic carbocycles. The van der Waals surface area contributed by atoms with E-state index in [4.69, 9.17) is 10.9 Å². The number of hydrogen-bond donors (Lipinski definition) is 3. The average Bonchev–Trinajstić information content (AvgIpc) is 2.67. The lowest BCUT2D eigenvalue weighted by molar-refractivity contribution is 0.318. The largest absolute Gasteiger partial charge is 0.409 e. The van der Waals surface area contributed by atoms with Gasteiger partial charge in [0.05, 0.1) is 17.5 Å². The molecule has 1 aromatic heterocycles. The molecule has 114 valence electrons. The van der Waals surface area contributed by atoms with E-state index in [9.17, 15) is 8.42 Å². The Hall–Kier alpha value is -1.77. The number of rotatable bonds is 5. The van der Waals surface area contributed by atoms with Crippen LogP contribution in [0.15, 0.2) is 11.4 Å². The predicted molar refractivity (Wildman–Crippen MR) is 77.2 cm³/mol. The molecule has 20 heavy (non-hydrogen) atoms. The van der Waals surface area contributed by atoms with Gasteiger partial charge in [-0.15, -0.1) is 0 Å². The molecule has 1 aromatic rings. The first-order chi connectivity index (χ1) is 9.06. The fourth-order valence-corrected chi connectivity index (χ4v) is 2.96. The van der Waals surface area contributed by atoms with Gasteiger partial charge in [-0.2, -0.15) is 5.10 Å². The van der Waals surface area contributed by atoms with Crippen LogP contribution in [0.1, 0.15) is 32.8 Å². The molecule has 0 aliphatic heterocycles. The molecule has 0 aliphatic carbocycles. The first kappa shape index (κ1) is 16.3. The molecule has 0 atom stereocenters. The Morgan fingerprint density at radius 1 is 1.55 bits per heavy atom. The van der Waals surface area contributed by atoms with Gasteiger partial charge in [-0.25, -0.2) is 8.42 Å². The molecule has 1 heterocycles. The number of nitrogens with one attached hydrogen (secondary N) is 1. The quantitative estimate of drug-likeness (QED) is 0.320. The summed E-state index contributed by atoms with van der Waals surface area (Å²) < 4.78 is 27.9. The standard InChI is InChI=1S/C11H21N5O3S/c1-11(2,3)5-6-20(18,19)15-10-8(9(12)14-17)7-13-16(10)4/h7,15,17H,5-6H2,1-4H3,(H2,12,14). The smallest absolute Gasteiger partial charge is 0.233 e. The van der Waals surface area contributed by atoms with E-state index in [0.717, 1.165) is 0 Å². The fourth-order valence-electron chi connectivity index (χ4n) is 1.44. The van der Waals surface area contributed by atoms with Crippen LogP contribution < -0.4 is 10.5 Å². The zero-order chi connectivity index (χ0) is 15.6. The Balaban J connectivity index is 2.96. The number of nitrogens with zero attached hydrogens (tertiary/aromatic N) is 3. The van der Waals surface area contributed by atoms with Crippen LogP contribution in [0, 0.1) is 5.41 Å². The minimum atomic E-state index is -3.53. The average molecular weight is 303 g/mol. The van der Waals surface area contributed by atoms with Crippen LogP contribution in [0.5, 0.6) is 0 Å². The van der Waals surface area contributed by atoms with E-state index < -0.39 is 10.0 Å². The Morgan fingerprint density at radius 2 is 2.15 bits per heavy atom. The molecule has 4 N–H and O–H groups in total. The monoisotopic (exact) mass is 303 g/mol. The predicted octanol–water partition coefficient (Wildman–Crippen LogP) is 0.692. The normalized spacial score (nSPS) is 13.5. The van der Waals surface area contributed by atoms with Crippen LogP contribution >= 0.6 is 0 Å². The van der Waals surface area contributed by atoms with Crippen molar-refractivity contribution in [3.05, 3.63) is 11.8 Å². The molecule has 0 saturated heterocycles. The van der Waals surface area contributed by atoms with Crippen molar-refractivity contribution >= 4 is 21.7 Å². The van der Waals surface area contributed by atoms with Gasteiger partial charge in [-0.1, -0.05) is 25.9 Å². The number of nitrogens with two attached hydrogens (primary N) is 1. The van der Waals surface area contributed by atoms with Gasteiger partial charge in [-0.3, -0.25) is 9.40 Å². The van der Waals surface area contributed by atoms with Gasteiger partial charge in [0.25, 0.3) is 0 Å². The minimum absolute atomic E-state index is 0.0166. The second-order valence-electron chi connectivity index (χ2n) is 5.75. The fraction of sp³-hybridized carbons (Fsp3) is 0.636. The van der Waals surface area contributed by atoms with Crippen molar-refractivity contribution in [3.63, 3.8) is 0 Å². The molecule has 1 rings (SSSR count). The highest BCUT2D eigenvalue weighted by atomic mass is 32.2. The number of aromatic nitrogens is 2. The summed E-state index contributed by atoms with van der Waals surface area (Å²) in [5.41, 5.74) is 5.63. The number of anilines is 1. The third-order valence-electron chi connectivity index (χ3n) is 2.70. The van der Waals surface area contributed by atoms with Crippen LogP contribution in [-0.2, 0) is 17.1 Å². The van der Waals surface area contributed by atoms with Crippen LogP contribution in [0.4, 0.5) is 5.82 Å². The van der Waals surface area contributed by atoms with Crippen molar-refractivity contribution in [3.8, 4) is 0 Å². The SMILES string of the molecule is Cn1ncc(C(N)=NO)c1NS(=O)(=O)CCC(C)(C)C. The Labute approximate surface area is 118 Å². The van der Waals surface area contributed by atoms with Crippen molar-refractivity contribution in [1.29, 1.82) is 0 Å². The summed E-state index contributed by atoms with van der Waals surface area (Å²) in [6, 6.07) is 0. The van der Waals surface area contributed by atoms with Gasteiger partial charge < -0.3 is 10.9 Å². The molecule has 9 heteroatoms. The van der Waals surface area contributed by atoms with Crippen molar-refractivity contribution in [2.24, 2.45) is 23.4 Å². The van der Waals surface area contributed by atoms with E-state index in [0.29, 0.717) is 6.42 Å². The van der Waals surface area contributed by atoms with Gasteiger partial charge in [0, 0.05) is 7.05 Å². The molecular formula is C11H21N5O3S. The lowest BCUT2D eigenvalue weighted by Crippen LogP contribution is -2.24. The van der Waals surface area contributed by atoms with Gasteiger partial charge >= 0.3 is 0 Å². The maximum absolute atomic E-state index is 12.1. The van der Waals surface area contributed by atoms with Crippen molar-refractivity contribution in [2.75, 3.05) is 10.5 Å². The minimum Gasteiger partial charge on any atom is -0.409 e. The maximum atomic E-state index is 12.1. The Morgan fingerprint density at radius 3 is 2.65 bits per heavy atom. The molecule has 0 spiro atoms. The van der Waals surface area contributed by atoms with E-state index >= 15 is 0 Å². The van der Waals surface area contributed by atoms with Gasteiger partial charge in [0.15, 0.2) is 5.84 Å². The summed E-state index contributed by atoms with van der Waals surface area (Å²) in [6.45, 7) is 5.90. The van der Waals surface area contributed by atoms with E-state index in [1.807, 2.05) is 20.8 Å². The first-order valence-electron chi connectivity index (χ1n) is 6.06. The molecule has 0 amide bonds. The van der Waals surface area contributed by atoms with Crippen LogP contribution in [0.25, 0.3) is 0 Å². The second-order valence-corrected chi connectivity index (χ2v) is 7.59. The molecule has 8 nitrogen and oxygen atoms in total. The zero-order valence-corrected chi connectivity index (χ0v) is 12.9. The van der Waals surface area contributed by atoms with Gasteiger partial charge in [-0.05, 0) is 11.8 Å². The highest BCUT2D eigenvalue weighted by Gasteiger charge is 2.21. The summed E-state index contributed by atoms with van der Waals surface area (Å²) in [6.07, 6.45) is 1.84. The molecule has 0 aliphatic rings. The first-order valence-corrected chi connectivity index (χ1v) is 7.71. The number of hydrogen-bond acceptors (Lipinski definition) is 5. The third-order valence-corrected chi connectivity index (χ3v) is 3.94. The highest BCUT2D eigenvalue weighted by molar-refractivity contribution is 7.92. The summed E-state index contributed by atoms with van der Waals surface area (Å²) in [7, 11) is -1.96. The van der Waals surface area contributed by atoms with Crippen molar-refractivity contribution in [1.82, 2.24) is 9.78 Å². The molecule has 0 bridgehead atoms.